The Morgan fingerprint density at radius 3 is 2.81 bits per heavy atom. The minimum atomic E-state index is 0.113. The van der Waals surface area contributed by atoms with Gasteiger partial charge in [-0.2, -0.15) is 0 Å². The van der Waals surface area contributed by atoms with E-state index in [0.717, 1.165) is 9.37 Å². The predicted molar refractivity (Wildman–Crippen MR) is 71.6 cm³/mol. The van der Waals surface area contributed by atoms with E-state index in [2.05, 4.69) is 28.1 Å². The molecule has 88 valence electrons. The molecule has 1 saturated carbocycles. The minimum absolute atomic E-state index is 0.113. The molecule has 0 heterocycles. The molecule has 2 nitrogen and oxygen atoms in total. The van der Waals surface area contributed by atoms with Crippen molar-refractivity contribution in [2.24, 2.45) is 11.7 Å². The van der Waals surface area contributed by atoms with Crippen LogP contribution in [0.1, 0.15) is 12.8 Å². The van der Waals surface area contributed by atoms with Gasteiger partial charge in [-0.3, -0.25) is 0 Å². The van der Waals surface area contributed by atoms with Crippen LogP contribution in [0.5, 0.6) is 0 Å². The quantitative estimate of drug-likeness (QED) is 0.822. The van der Waals surface area contributed by atoms with Crippen molar-refractivity contribution in [2.45, 2.75) is 29.0 Å². The van der Waals surface area contributed by atoms with Gasteiger partial charge in [-0.25, -0.2) is 0 Å². The van der Waals surface area contributed by atoms with Crippen LogP contribution in [0.25, 0.3) is 0 Å². The summed E-state index contributed by atoms with van der Waals surface area (Å²) in [4.78, 5) is 1.16. The Morgan fingerprint density at radius 2 is 2.25 bits per heavy atom. The van der Waals surface area contributed by atoms with Crippen molar-refractivity contribution >= 4 is 27.7 Å². The molecule has 3 N–H and O–H groups in total. The number of thioether (sulfide) groups is 1. The second-order valence-corrected chi connectivity index (χ2v) is 6.44. The summed E-state index contributed by atoms with van der Waals surface area (Å²) in [6.45, 7) is 0.148. The van der Waals surface area contributed by atoms with Crippen LogP contribution in [0, 0.1) is 5.92 Å². The molecule has 1 aromatic carbocycles. The SMILES string of the molecule is NC(C1CC1)C(CO)Sc1cccc(Br)c1. The van der Waals surface area contributed by atoms with Gasteiger partial charge in [0.05, 0.1) is 6.61 Å². The van der Waals surface area contributed by atoms with E-state index < -0.39 is 0 Å². The molecule has 0 amide bonds. The van der Waals surface area contributed by atoms with E-state index in [4.69, 9.17) is 5.73 Å². The number of aliphatic hydroxyl groups is 1. The van der Waals surface area contributed by atoms with E-state index in [1.807, 2.05) is 12.1 Å². The second-order valence-electron chi connectivity index (χ2n) is 4.21. The van der Waals surface area contributed by atoms with Crippen molar-refractivity contribution in [3.8, 4) is 0 Å². The fraction of sp³-hybridized carbons (Fsp3) is 0.500. The highest BCUT2D eigenvalue weighted by Crippen LogP contribution is 2.37. The van der Waals surface area contributed by atoms with Crippen molar-refractivity contribution in [1.29, 1.82) is 0 Å². The molecule has 0 aliphatic heterocycles. The summed E-state index contributed by atoms with van der Waals surface area (Å²) in [6.07, 6.45) is 2.44. The van der Waals surface area contributed by atoms with Gasteiger partial charge in [0.2, 0.25) is 0 Å². The molecule has 0 spiro atoms. The van der Waals surface area contributed by atoms with E-state index in [1.165, 1.54) is 12.8 Å². The van der Waals surface area contributed by atoms with Gasteiger partial charge >= 0.3 is 0 Å². The summed E-state index contributed by atoms with van der Waals surface area (Å²) in [7, 11) is 0. The summed E-state index contributed by atoms with van der Waals surface area (Å²) in [6, 6.07) is 8.24. The average molecular weight is 302 g/mol. The molecule has 2 rings (SSSR count). The number of nitrogens with two attached hydrogens (primary N) is 1. The number of rotatable bonds is 5. The van der Waals surface area contributed by atoms with Crippen LogP contribution in [0.15, 0.2) is 33.6 Å². The summed E-state index contributed by atoms with van der Waals surface area (Å²) in [5.41, 5.74) is 6.13. The monoisotopic (exact) mass is 301 g/mol. The highest BCUT2D eigenvalue weighted by atomic mass is 79.9. The van der Waals surface area contributed by atoms with Crippen LogP contribution in [0.4, 0.5) is 0 Å². The zero-order chi connectivity index (χ0) is 11.5. The van der Waals surface area contributed by atoms with E-state index in [0.29, 0.717) is 5.92 Å². The Bertz CT molecular complexity index is 357. The standard InChI is InChI=1S/C12H16BrNOS/c13-9-2-1-3-10(6-9)16-11(7-15)12(14)8-4-5-8/h1-3,6,8,11-12,15H,4-5,7,14H2. The van der Waals surface area contributed by atoms with Crippen LogP contribution < -0.4 is 5.73 Å². The lowest BCUT2D eigenvalue weighted by Gasteiger charge is -2.21. The lowest BCUT2D eigenvalue weighted by molar-refractivity contribution is 0.277. The Labute approximate surface area is 109 Å². The van der Waals surface area contributed by atoms with Gasteiger partial charge in [-0.05, 0) is 37.0 Å². The van der Waals surface area contributed by atoms with Crippen LogP contribution >= 0.6 is 27.7 Å². The summed E-state index contributed by atoms with van der Waals surface area (Å²) < 4.78 is 1.06. The van der Waals surface area contributed by atoms with Crippen molar-refractivity contribution < 1.29 is 5.11 Å². The third kappa shape index (κ3) is 3.23. The Morgan fingerprint density at radius 1 is 1.50 bits per heavy atom. The molecule has 2 unspecified atom stereocenters. The number of aliphatic hydroxyl groups excluding tert-OH is 1. The van der Waals surface area contributed by atoms with Gasteiger partial charge in [0.15, 0.2) is 0 Å². The van der Waals surface area contributed by atoms with Crippen LogP contribution in [-0.4, -0.2) is 23.0 Å². The third-order valence-electron chi connectivity index (χ3n) is 2.86. The lowest BCUT2D eigenvalue weighted by Crippen LogP contribution is -2.36. The van der Waals surface area contributed by atoms with E-state index in [9.17, 15) is 5.11 Å². The van der Waals surface area contributed by atoms with Gasteiger partial charge in [-0.1, -0.05) is 22.0 Å². The van der Waals surface area contributed by atoms with Gasteiger partial charge in [0.1, 0.15) is 0 Å². The zero-order valence-corrected chi connectivity index (χ0v) is 11.4. The van der Waals surface area contributed by atoms with Crippen LogP contribution in [0.2, 0.25) is 0 Å². The highest BCUT2D eigenvalue weighted by Gasteiger charge is 2.34. The molecule has 0 aromatic heterocycles. The molecule has 0 radical (unpaired) electrons. The fourth-order valence-corrected chi connectivity index (χ4v) is 3.44. The number of hydrogen-bond acceptors (Lipinski definition) is 3. The van der Waals surface area contributed by atoms with Gasteiger partial charge < -0.3 is 10.8 Å². The molecule has 16 heavy (non-hydrogen) atoms. The maximum atomic E-state index is 9.39. The predicted octanol–water partition coefficient (Wildman–Crippen LogP) is 2.64. The molecule has 0 saturated heterocycles. The van der Waals surface area contributed by atoms with E-state index in [1.54, 1.807) is 11.8 Å². The Hall–Kier alpha value is -0.0300. The third-order valence-corrected chi connectivity index (χ3v) is 4.64. The van der Waals surface area contributed by atoms with Crippen LogP contribution in [-0.2, 0) is 0 Å². The fourth-order valence-electron chi connectivity index (χ4n) is 1.74. The smallest absolute Gasteiger partial charge is 0.0568 e. The molecular weight excluding hydrogens is 286 g/mol. The van der Waals surface area contributed by atoms with Crippen molar-refractivity contribution in [1.82, 2.24) is 0 Å². The largest absolute Gasteiger partial charge is 0.395 e. The number of hydrogen-bond donors (Lipinski definition) is 2. The zero-order valence-electron chi connectivity index (χ0n) is 8.97. The summed E-state index contributed by atoms with van der Waals surface area (Å²) in [5, 5.41) is 9.50. The van der Waals surface area contributed by atoms with Crippen molar-refractivity contribution in [3.63, 3.8) is 0 Å². The highest BCUT2D eigenvalue weighted by molar-refractivity contribution is 9.10. The number of benzene rings is 1. The van der Waals surface area contributed by atoms with E-state index >= 15 is 0 Å². The normalized spacial score (nSPS) is 19.4. The first-order valence-electron chi connectivity index (χ1n) is 5.49. The van der Waals surface area contributed by atoms with Gasteiger partial charge in [0, 0.05) is 20.7 Å². The maximum absolute atomic E-state index is 9.39. The average Bonchev–Trinajstić information content (AvgIpc) is 3.09. The maximum Gasteiger partial charge on any atom is 0.0568 e. The van der Waals surface area contributed by atoms with Crippen molar-refractivity contribution in [3.05, 3.63) is 28.7 Å². The van der Waals surface area contributed by atoms with Gasteiger partial charge in [0.25, 0.3) is 0 Å². The van der Waals surface area contributed by atoms with Crippen molar-refractivity contribution in [2.75, 3.05) is 6.61 Å². The topological polar surface area (TPSA) is 46.2 Å². The Balaban J connectivity index is 2.00. The lowest BCUT2D eigenvalue weighted by atomic mass is 10.1. The molecule has 1 aliphatic rings. The number of halogens is 1. The minimum Gasteiger partial charge on any atom is -0.395 e. The summed E-state index contributed by atoms with van der Waals surface area (Å²) in [5.74, 6) is 0.622. The molecule has 4 heteroatoms. The first-order chi connectivity index (χ1) is 7.70. The molecule has 1 aromatic rings. The first kappa shape index (κ1) is 12.4. The molecule has 1 aliphatic carbocycles. The molecule has 1 fully saturated rings. The molecular formula is C12H16BrNOS. The van der Waals surface area contributed by atoms with Crippen LogP contribution in [0.3, 0.4) is 0 Å². The van der Waals surface area contributed by atoms with E-state index in [-0.39, 0.29) is 17.9 Å². The van der Waals surface area contributed by atoms with Gasteiger partial charge in [-0.15, -0.1) is 11.8 Å². The Kier molecular flexibility index (Phi) is 4.30. The molecule has 2 atom stereocenters. The summed E-state index contributed by atoms with van der Waals surface area (Å²) >= 11 is 5.12. The molecule has 0 bridgehead atoms. The second kappa shape index (κ2) is 5.54. The first-order valence-corrected chi connectivity index (χ1v) is 7.16.